The third-order valence-corrected chi connectivity index (χ3v) is 5.00. The van der Waals surface area contributed by atoms with Gasteiger partial charge in [-0.25, -0.2) is 13.1 Å². The zero-order valence-corrected chi connectivity index (χ0v) is 12.7. The minimum atomic E-state index is -3.77. The van der Waals surface area contributed by atoms with Crippen LogP contribution in [0.3, 0.4) is 0 Å². The van der Waals surface area contributed by atoms with Gasteiger partial charge in [-0.2, -0.15) is 5.10 Å². The smallest absolute Gasteiger partial charge is 0.244 e. The Hall–Kier alpha value is -1.57. The number of aryl methyl sites for hydroxylation is 1. The predicted molar refractivity (Wildman–Crippen MR) is 77.8 cm³/mol. The second-order valence-corrected chi connectivity index (χ2v) is 6.47. The average molecular weight is 315 g/mol. The van der Waals surface area contributed by atoms with Crippen LogP contribution in [0.2, 0.25) is 5.02 Å². The van der Waals surface area contributed by atoms with Gasteiger partial charge < -0.3 is 5.73 Å². The van der Waals surface area contributed by atoms with Crippen molar-refractivity contribution < 1.29 is 8.42 Å². The van der Waals surface area contributed by atoms with Crippen LogP contribution < -0.4 is 10.5 Å². The van der Waals surface area contributed by atoms with Crippen molar-refractivity contribution in [2.75, 3.05) is 5.73 Å². The monoisotopic (exact) mass is 314 g/mol. The first-order valence-corrected chi connectivity index (χ1v) is 7.70. The number of sulfonamides is 1. The molecule has 0 unspecified atom stereocenters. The summed E-state index contributed by atoms with van der Waals surface area (Å²) in [5.74, 6) is 0. The second kappa shape index (κ2) is 5.43. The summed E-state index contributed by atoms with van der Waals surface area (Å²) >= 11 is 5.92. The molecule has 8 heteroatoms. The molecule has 2 rings (SSSR count). The van der Waals surface area contributed by atoms with Crippen LogP contribution >= 0.6 is 11.6 Å². The first-order chi connectivity index (χ1) is 9.33. The molecular formula is C12H15ClN4O2S. The van der Waals surface area contributed by atoms with Crippen LogP contribution in [-0.4, -0.2) is 18.2 Å². The fraction of sp³-hybridized carbons (Fsp3) is 0.250. The molecule has 20 heavy (non-hydrogen) atoms. The minimum absolute atomic E-state index is 0.0942. The number of hydrogen-bond donors (Lipinski definition) is 2. The van der Waals surface area contributed by atoms with Crippen LogP contribution in [0.1, 0.15) is 11.3 Å². The van der Waals surface area contributed by atoms with Crippen LogP contribution in [0.15, 0.2) is 29.3 Å². The highest BCUT2D eigenvalue weighted by Gasteiger charge is 2.21. The van der Waals surface area contributed by atoms with E-state index in [0.717, 1.165) is 11.3 Å². The number of anilines is 1. The lowest BCUT2D eigenvalue weighted by molar-refractivity contribution is 0.581. The lowest BCUT2D eigenvalue weighted by Gasteiger charge is -2.10. The van der Waals surface area contributed by atoms with Gasteiger partial charge in [-0.05, 0) is 19.1 Å². The molecule has 2 aromatic rings. The van der Waals surface area contributed by atoms with Gasteiger partial charge in [0.25, 0.3) is 0 Å². The zero-order chi connectivity index (χ0) is 14.9. The maximum absolute atomic E-state index is 12.3. The molecule has 1 heterocycles. The van der Waals surface area contributed by atoms with E-state index in [1.807, 2.05) is 6.92 Å². The molecule has 3 N–H and O–H groups in total. The standard InChI is InChI=1S/C12H15ClN4O2S/c1-8-9(6-15-17(8)2)7-16-20(18,19)12-10(13)4-3-5-11(12)14/h3-6,16H,7,14H2,1-2H3. The quantitative estimate of drug-likeness (QED) is 0.836. The molecule has 0 radical (unpaired) electrons. The van der Waals surface area contributed by atoms with E-state index in [9.17, 15) is 8.42 Å². The van der Waals surface area contributed by atoms with E-state index in [-0.39, 0.29) is 22.2 Å². The number of aromatic nitrogens is 2. The molecule has 6 nitrogen and oxygen atoms in total. The molecule has 0 aliphatic rings. The summed E-state index contributed by atoms with van der Waals surface area (Å²) in [6.45, 7) is 1.99. The summed E-state index contributed by atoms with van der Waals surface area (Å²) in [5, 5.41) is 4.15. The Morgan fingerprint density at radius 2 is 2.15 bits per heavy atom. The summed E-state index contributed by atoms with van der Waals surface area (Å²) in [6.07, 6.45) is 1.62. The summed E-state index contributed by atoms with van der Waals surface area (Å²) in [5.41, 5.74) is 7.49. The number of halogens is 1. The molecule has 1 aromatic carbocycles. The molecule has 0 fully saturated rings. The van der Waals surface area contributed by atoms with Crippen molar-refractivity contribution in [3.05, 3.63) is 40.7 Å². The molecule has 108 valence electrons. The van der Waals surface area contributed by atoms with E-state index in [2.05, 4.69) is 9.82 Å². The van der Waals surface area contributed by atoms with Gasteiger partial charge in [0.1, 0.15) is 4.90 Å². The zero-order valence-electron chi connectivity index (χ0n) is 11.1. The van der Waals surface area contributed by atoms with Gasteiger partial charge in [-0.3, -0.25) is 4.68 Å². The number of benzene rings is 1. The van der Waals surface area contributed by atoms with Crippen molar-refractivity contribution in [2.45, 2.75) is 18.4 Å². The third kappa shape index (κ3) is 2.79. The molecule has 0 atom stereocenters. The van der Waals surface area contributed by atoms with Crippen molar-refractivity contribution in [3.8, 4) is 0 Å². The first kappa shape index (κ1) is 14.8. The number of hydrogen-bond acceptors (Lipinski definition) is 4. The Balaban J connectivity index is 2.26. The lowest BCUT2D eigenvalue weighted by atomic mass is 10.3. The van der Waals surface area contributed by atoms with Crippen LogP contribution in [0.4, 0.5) is 5.69 Å². The topological polar surface area (TPSA) is 90.0 Å². The van der Waals surface area contributed by atoms with Gasteiger partial charge in [-0.15, -0.1) is 0 Å². The van der Waals surface area contributed by atoms with Crippen LogP contribution in [-0.2, 0) is 23.6 Å². The van der Waals surface area contributed by atoms with Crippen molar-refractivity contribution in [3.63, 3.8) is 0 Å². The van der Waals surface area contributed by atoms with Gasteiger partial charge in [-0.1, -0.05) is 17.7 Å². The Bertz CT molecular complexity index is 720. The molecule has 1 aromatic heterocycles. The number of nitrogens with zero attached hydrogens (tertiary/aromatic N) is 2. The fourth-order valence-electron chi connectivity index (χ4n) is 1.77. The summed E-state index contributed by atoms with van der Waals surface area (Å²) in [7, 11) is -1.98. The first-order valence-electron chi connectivity index (χ1n) is 5.84. The van der Waals surface area contributed by atoms with Gasteiger partial charge in [0, 0.05) is 24.8 Å². The molecule has 0 bridgehead atoms. The van der Waals surface area contributed by atoms with Crippen LogP contribution in [0.5, 0.6) is 0 Å². The van der Waals surface area contributed by atoms with Crippen molar-refractivity contribution in [1.29, 1.82) is 0 Å². The number of nitrogens with two attached hydrogens (primary N) is 1. The Labute approximate surface area is 122 Å². The SMILES string of the molecule is Cc1c(CNS(=O)(=O)c2c(N)cccc2Cl)cnn1C. The number of rotatable bonds is 4. The molecule has 0 amide bonds. The van der Waals surface area contributed by atoms with Crippen LogP contribution in [0.25, 0.3) is 0 Å². The summed E-state index contributed by atoms with van der Waals surface area (Å²) < 4.78 is 28.7. The summed E-state index contributed by atoms with van der Waals surface area (Å²) in [6, 6.07) is 4.58. The third-order valence-electron chi connectivity index (χ3n) is 3.06. The van der Waals surface area contributed by atoms with Gasteiger partial charge in [0.2, 0.25) is 10.0 Å². The largest absolute Gasteiger partial charge is 0.398 e. The predicted octanol–water partition coefficient (Wildman–Crippen LogP) is 1.44. The van der Waals surface area contributed by atoms with Crippen molar-refractivity contribution in [1.82, 2.24) is 14.5 Å². The van der Waals surface area contributed by atoms with E-state index in [0.29, 0.717) is 0 Å². The molecule has 0 spiro atoms. The highest BCUT2D eigenvalue weighted by molar-refractivity contribution is 7.89. The van der Waals surface area contributed by atoms with E-state index in [1.54, 1.807) is 24.0 Å². The van der Waals surface area contributed by atoms with E-state index in [1.165, 1.54) is 12.1 Å². The molecule has 0 saturated heterocycles. The minimum Gasteiger partial charge on any atom is -0.398 e. The molecule has 0 aliphatic carbocycles. The van der Waals surface area contributed by atoms with E-state index < -0.39 is 10.0 Å². The maximum Gasteiger partial charge on any atom is 0.244 e. The van der Waals surface area contributed by atoms with Gasteiger partial charge in [0.15, 0.2) is 0 Å². The normalized spacial score (nSPS) is 11.8. The molecule has 0 aliphatic heterocycles. The van der Waals surface area contributed by atoms with Crippen molar-refractivity contribution >= 4 is 27.3 Å². The number of nitrogens with one attached hydrogen (secondary N) is 1. The maximum atomic E-state index is 12.3. The molecular weight excluding hydrogens is 300 g/mol. The van der Waals surface area contributed by atoms with Gasteiger partial charge >= 0.3 is 0 Å². The van der Waals surface area contributed by atoms with E-state index in [4.69, 9.17) is 17.3 Å². The van der Waals surface area contributed by atoms with Crippen molar-refractivity contribution in [2.24, 2.45) is 7.05 Å². The van der Waals surface area contributed by atoms with Crippen LogP contribution in [0, 0.1) is 6.92 Å². The van der Waals surface area contributed by atoms with Gasteiger partial charge in [0.05, 0.1) is 16.9 Å². The summed E-state index contributed by atoms with van der Waals surface area (Å²) in [4.78, 5) is -0.0942. The average Bonchev–Trinajstić information content (AvgIpc) is 2.67. The number of nitrogen functional groups attached to an aromatic ring is 1. The highest BCUT2D eigenvalue weighted by atomic mass is 35.5. The lowest BCUT2D eigenvalue weighted by Crippen LogP contribution is -2.24. The second-order valence-electron chi connectivity index (χ2n) is 4.36. The Morgan fingerprint density at radius 3 is 2.70 bits per heavy atom. The Morgan fingerprint density at radius 1 is 1.45 bits per heavy atom. The fourth-order valence-corrected chi connectivity index (χ4v) is 3.45. The Kier molecular flexibility index (Phi) is 4.03. The van der Waals surface area contributed by atoms with E-state index >= 15 is 0 Å². The highest BCUT2D eigenvalue weighted by Crippen LogP contribution is 2.27. The molecule has 0 saturated carbocycles.